The van der Waals surface area contributed by atoms with E-state index in [1.165, 1.54) is 7.11 Å². The topological polar surface area (TPSA) is 26.3 Å². The van der Waals surface area contributed by atoms with E-state index in [9.17, 15) is 4.79 Å². The van der Waals surface area contributed by atoms with E-state index in [0.717, 1.165) is 5.57 Å². The zero-order chi connectivity index (χ0) is 7.98. The van der Waals surface area contributed by atoms with Crippen molar-refractivity contribution in [2.75, 3.05) is 7.11 Å². The molecule has 2 heteroatoms. The molecular formula is C8H12O2. The first-order valence-electron chi connectivity index (χ1n) is 3.07. The van der Waals surface area contributed by atoms with Gasteiger partial charge < -0.3 is 4.74 Å². The Kier molecular flexibility index (Phi) is 4.29. The summed E-state index contributed by atoms with van der Waals surface area (Å²) in [5, 5.41) is 0. The summed E-state index contributed by atoms with van der Waals surface area (Å²) >= 11 is 0. The SMILES string of the molecule is C=CC(=C)CCC(=O)OC. The third-order valence-electron chi connectivity index (χ3n) is 1.17. The largest absolute Gasteiger partial charge is 0.469 e. The summed E-state index contributed by atoms with van der Waals surface area (Å²) in [5.74, 6) is -0.206. The molecule has 56 valence electrons. The van der Waals surface area contributed by atoms with E-state index < -0.39 is 0 Å². The molecule has 0 atom stereocenters. The van der Waals surface area contributed by atoms with Crippen molar-refractivity contribution in [3.8, 4) is 0 Å². The molecule has 0 aliphatic rings. The van der Waals surface area contributed by atoms with Gasteiger partial charge in [0.25, 0.3) is 0 Å². The Hall–Kier alpha value is -1.05. The van der Waals surface area contributed by atoms with Crippen LogP contribution in [0.3, 0.4) is 0 Å². The number of methoxy groups -OCH3 is 1. The van der Waals surface area contributed by atoms with Gasteiger partial charge in [-0.3, -0.25) is 4.79 Å². The fourth-order valence-corrected chi connectivity index (χ4v) is 0.467. The predicted octanol–water partition coefficient (Wildman–Crippen LogP) is 1.68. The number of carbonyl (C=O) groups excluding carboxylic acids is 1. The molecule has 0 saturated heterocycles. The Morgan fingerprint density at radius 3 is 2.60 bits per heavy atom. The highest BCUT2D eigenvalue weighted by molar-refractivity contribution is 5.69. The average Bonchev–Trinajstić information content (AvgIpc) is 1.99. The maximum Gasteiger partial charge on any atom is 0.305 e. The van der Waals surface area contributed by atoms with Crippen LogP contribution in [0.1, 0.15) is 12.8 Å². The zero-order valence-corrected chi connectivity index (χ0v) is 6.22. The minimum Gasteiger partial charge on any atom is -0.469 e. The Balaban J connectivity index is 3.44. The van der Waals surface area contributed by atoms with Gasteiger partial charge in [0.05, 0.1) is 7.11 Å². The summed E-state index contributed by atoms with van der Waals surface area (Å²) in [4.78, 5) is 10.5. The van der Waals surface area contributed by atoms with Gasteiger partial charge in [-0.2, -0.15) is 0 Å². The van der Waals surface area contributed by atoms with Gasteiger partial charge in [0.15, 0.2) is 0 Å². The van der Waals surface area contributed by atoms with Gasteiger partial charge >= 0.3 is 5.97 Å². The molecule has 0 bridgehead atoms. The highest BCUT2D eigenvalue weighted by Gasteiger charge is 1.98. The van der Waals surface area contributed by atoms with Gasteiger partial charge in [0.1, 0.15) is 0 Å². The normalized spacial score (nSPS) is 8.50. The second kappa shape index (κ2) is 4.79. The van der Waals surface area contributed by atoms with Gasteiger partial charge in [0, 0.05) is 6.42 Å². The van der Waals surface area contributed by atoms with E-state index in [0.29, 0.717) is 12.8 Å². The zero-order valence-electron chi connectivity index (χ0n) is 6.22. The molecule has 0 heterocycles. The summed E-state index contributed by atoms with van der Waals surface area (Å²) in [6, 6.07) is 0. The molecule has 0 amide bonds. The van der Waals surface area contributed by atoms with Gasteiger partial charge in [-0.25, -0.2) is 0 Å². The molecule has 0 fully saturated rings. The van der Waals surface area contributed by atoms with Crippen LogP contribution in [-0.4, -0.2) is 13.1 Å². The first-order valence-corrected chi connectivity index (χ1v) is 3.07. The van der Waals surface area contributed by atoms with Crippen molar-refractivity contribution in [3.63, 3.8) is 0 Å². The second-order valence-corrected chi connectivity index (χ2v) is 1.94. The van der Waals surface area contributed by atoms with Crippen LogP contribution in [0, 0.1) is 0 Å². The Morgan fingerprint density at radius 1 is 1.60 bits per heavy atom. The summed E-state index contributed by atoms with van der Waals surface area (Å²) in [6.07, 6.45) is 2.67. The minimum absolute atomic E-state index is 0.206. The highest BCUT2D eigenvalue weighted by Crippen LogP contribution is 2.02. The molecule has 0 aromatic heterocycles. The number of esters is 1. The molecule has 0 saturated carbocycles. The fourth-order valence-electron chi connectivity index (χ4n) is 0.467. The number of ether oxygens (including phenoxy) is 1. The molecule has 0 aliphatic carbocycles. The molecule has 0 radical (unpaired) electrons. The summed E-state index contributed by atoms with van der Waals surface area (Å²) in [5.41, 5.74) is 0.866. The summed E-state index contributed by atoms with van der Waals surface area (Å²) in [6.45, 7) is 7.17. The number of rotatable bonds is 4. The molecule has 0 aromatic carbocycles. The highest BCUT2D eigenvalue weighted by atomic mass is 16.5. The second-order valence-electron chi connectivity index (χ2n) is 1.94. The van der Waals surface area contributed by atoms with E-state index in [1.54, 1.807) is 6.08 Å². The third kappa shape index (κ3) is 3.89. The van der Waals surface area contributed by atoms with Crippen LogP contribution in [-0.2, 0) is 9.53 Å². The van der Waals surface area contributed by atoms with Crippen molar-refractivity contribution in [2.45, 2.75) is 12.8 Å². The number of hydrogen-bond acceptors (Lipinski definition) is 2. The quantitative estimate of drug-likeness (QED) is 0.438. The van der Waals surface area contributed by atoms with E-state index in [4.69, 9.17) is 0 Å². The molecule has 0 spiro atoms. The van der Waals surface area contributed by atoms with Crippen molar-refractivity contribution in [3.05, 3.63) is 24.8 Å². The molecule has 2 nitrogen and oxygen atoms in total. The predicted molar refractivity (Wildman–Crippen MR) is 40.6 cm³/mol. The van der Waals surface area contributed by atoms with Crippen molar-refractivity contribution in [1.29, 1.82) is 0 Å². The lowest BCUT2D eigenvalue weighted by atomic mass is 10.2. The smallest absolute Gasteiger partial charge is 0.305 e. The molecule has 0 aromatic rings. The summed E-state index contributed by atoms with van der Waals surface area (Å²) in [7, 11) is 1.37. The van der Waals surface area contributed by atoms with E-state index in [1.807, 2.05) is 0 Å². The van der Waals surface area contributed by atoms with Crippen LogP contribution >= 0.6 is 0 Å². The number of hydrogen-bond donors (Lipinski definition) is 0. The molecular weight excluding hydrogens is 128 g/mol. The Bertz CT molecular complexity index is 147. The van der Waals surface area contributed by atoms with Crippen molar-refractivity contribution in [2.24, 2.45) is 0 Å². The van der Waals surface area contributed by atoms with Gasteiger partial charge in [0.2, 0.25) is 0 Å². The molecule has 0 rings (SSSR count). The molecule has 0 N–H and O–H groups in total. The Labute approximate surface area is 61.2 Å². The van der Waals surface area contributed by atoms with Crippen LogP contribution in [0.2, 0.25) is 0 Å². The average molecular weight is 140 g/mol. The third-order valence-corrected chi connectivity index (χ3v) is 1.17. The van der Waals surface area contributed by atoms with Crippen LogP contribution in [0.5, 0.6) is 0 Å². The number of carbonyl (C=O) groups is 1. The van der Waals surface area contributed by atoms with Crippen molar-refractivity contribution < 1.29 is 9.53 Å². The van der Waals surface area contributed by atoms with Crippen molar-refractivity contribution >= 4 is 5.97 Å². The lowest BCUT2D eigenvalue weighted by Gasteiger charge is -1.97. The monoisotopic (exact) mass is 140 g/mol. The standard InChI is InChI=1S/C8H12O2/c1-4-7(2)5-6-8(9)10-3/h4H,1-2,5-6H2,3H3. The van der Waals surface area contributed by atoms with Crippen LogP contribution in [0.15, 0.2) is 24.8 Å². The molecule has 10 heavy (non-hydrogen) atoms. The lowest BCUT2D eigenvalue weighted by Crippen LogP contribution is -1.99. The van der Waals surface area contributed by atoms with Crippen molar-refractivity contribution in [1.82, 2.24) is 0 Å². The first kappa shape index (κ1) is 8.95. The van der Waals surface area contributed by atoms with E-state index >= 15 is 0 Å². The summed E-state index contributed by atoms with van der Waals surface area (Å²) < 4.78 is 4.43. The van der Waals surface area contributed by atoms with Gasteiger partial charge in [-0.15, -0.1) is 0 Å². The van der Waals surface area contributed by atoms with Crippen LogP contribution < -0.4 is 0 Å². The Morgan fingerprint density at radius 2 is 2.20 bits per heavy atom. The minimum atomic E-state index is -0.206. The van der Waals surface area contributed by atoms with Gasteiger partial charge in [-0.05, 0) is 6.42 Å². The van der Waals surface area contributed by atoms with Crippen LogP contribution in [0.25, 0.3) is 0 Å². The van der Waals surface area contributed by atoms with Gasteiger partial charge in [-0.1, -0.05) is 24.8 Å². The number of allylic oxidation sites excluding steroid dienone is 2. The first-order chi connectivity index (χ1) is 4.70. The van der Waals surface area contributed by atoms with Crippen LogP contribution in [0.4, 0.5) is 0 Å². The maximum atomic E-state index is 10.5. The molecule has 0 unspecified atom stereocenters. The lowest BCUT2D eigenvalue weighted by molar-refractivity contribution is -0.140. The fraction of sp³-hybridized carbons (Fsp3) is 0.375. The molecule has 0 aliphatic heterocycles. The van der Waals surface area contributed by atoms with E-state index in [2.05, 4.69) is 17.9 Å². The van der Waals surface area contributed by atoms with E-state index in [-0.39, 0.29) is 5.97 Å². The maximum absolute atomic E-state index is 10.5.